The molecule has 0 radical (unpaired) electrons. The first-order valence-electron chi connectivity index (χ1n) is 9.11. The molecule has 0 saturated carbocycles. The van der Waals surface area contributed by atoms with Crippen LogP contribution in [0.1, 0.15) is 31.4 Å². The zero-order valence-electron chi connectivity index (χ0n) is 16.3. The maximum Gasteiger partial charge on any atom is 0.244 e. The van der Waals surface area contributed by atoms with Crippen LogP contribution in [0.25, 0.3) is 0 Å². The van der Waals surface area contributed by atoms with Gasteiger partial charge in [-0.05, 0) is 67.1 Å². The van der Waals surface area contributed by atoms with Crippen LogP contribution in [-0.4, -0.2) is 31.6 Å². The van der Waals surface area contributed by atoms with Gasteiger partial charge in [-0.1, -0.05) is 18.5 Å². The summed E-state index contributed by atoms with van der Waals surface area (Å²) in [5.74, 6) is 1.16. The van der Waals surface area contributed by atoms with Crippen LogP contribution in [0.15, 0.2) is 46.4 Å². The van der Waals surface area contributed by atoms with Gasteiger partial charge in [0, 0.05) is 9.92 Å². The normalized spacial score (nSPS) is 10.9. The molecule has 2 aromatic carbocycles. The molecule has 2 aromatic rings. The molecule has 0 aliphatic carbocycles. The summed E-state index contributed by atoms with van der Waals surface area (Å²) in [6, 6.07) is 11.1. The van der Waals surface area contributed by atoms with E-state index in [1.54, 1.807) is 24.0 Å². The number of nitrogens with zero attached hydrogens (tertiary/aromatic N) is 1. The largest absolute Gasteiger partial charge is 0.490 e. The molecule has 0 heterocycles. The van der Waals surface area contributed by atoms with E-state index in [2.05, 4.69) is 17.5 Å². The van der Waals surface area contributed by atoms with E-state index in [4.69, 9.17) is 21.1 Å². The van der Waals surface area contributed by atoms with Gasteiger partial charge in [-0.25, -0.2) is 5.43 Å². The Morgan fingerprint density at radius 3 is 2.71 bits per heavy atom. The van der Waals surface area contributed by atoms with Crippen LogP contribution >= 0.6 is 23.4 Å². The maximum atomic E-state index is 12.2. The van der Waals surface area contributed by atoms with Crippen LogP contribution in [-0.2, 0) is 11.2 Å². The molecule has 0 bridgehead atoms. The van der Waals surface area contributed by atoms with Gasteiger partial charge in [0.05, 0.1) is 25.8 Å². The van der Waals surface area contributed by atoms with E-state index in [0.717, 1.165) is 22.4 Å². The molecule has 0 aromatic heterocycles. The Morgan fingerprint density at radius 2 is 2.00 bits per heavy atom. The predicted octanol–water partition coefficient (Wildman–Crippen LogP) is 4.94. The van der Waals surface area contributed by atoms with Crippen LogP contribution < -0.4 is 14.9 Å². The third-order valence-corrected chi connectivity index (χ3v) is 4.80. The first kappa shape index (κ1) is 22.1. The van der Waals surface area contributed by atoms with E-state index in [-0.39, 0.29) is 12.3 Å². The molecule has 0 atom stereocenters. The molecule has 2 rings (SSSR count). The van der Waals surface area contributed by atoms with Gasteiger partial charge in [-0.15, -0.1) is 11.8 Å². The quantitative estimate of drug-likeness (QED) is 0.336. The lowest BCUT2D eigenvalue weighted by molar-refractivity contribution is -0.120. The summed E-state index contributed by atoms with van der Waals surface area (Å²) in [7, 11) is 0. The fourth-order valence-corrected chi connectivity index (χ4v) is 3.27. The van der Waals surface area contributed by atoms with Crippen LogP contribution in [0.5, 0.6) is 11.5 Å². The monoisotopic (exact) mass is 420 g/mol. The first-order valence-corrected chi connectivity index (χ1v) is 10.7. The minimum Gasteiger partial charge on any atom is -0.490 e. The molecule has 0 unspecified atom stereocenters. The molecule has 0 aliphatic heterocycles. The highest BCUT2D eigenvalue weighted by Crippen LogP contribution is 2.28. The molecule has 150 valence electrons. The van der Waals surface area contributed by atoms with Crippen LogP contribution in [0.4, 0.5) is 0 Å². The summed E-state index contributed by atoms with van der Waals surface area (Å²) < 4.78 is 11.3. The van der Waals surface area contributed by atoms with Gasteiger partial charge >= 0.3 is 0 Å². The Bertz CT molecular complexity index is 827. The Balaban J connectivity index is 2.00. The summed E-state index contributed by atoms with van der Waals surface area (Å²) >= 11 is 7.61. The number of carbonyl (C=O) groups is 1. The van der Waals surface area contributed by atoms with Crippen molar-refractivity contribution in [3.8, 4) is 11.5 Å². The molecule has 7 heteroatoms. The van der Waals surface area contributed by atoms with E-state index >= 15 is 0 Å². The summed E-state index contributed by atoms with van der Waals surface area (Å²) in [5.41, 5.74) is 4.24. The van der Waals surface area contributed by atoms with Crippen molar-refractivity contribution in [1.29, 1.82) is 0 Å². The predicted molar refractivity (Wildman–Crippen MR) is 116 cm³/mol. The number of amides is 1. The van der Waals surface area contributed by atoms with Crippen molar-refractivity contribution in [3.63, 3.8) is 0 Å². The summed E-state index contributed by atoms with van der Waals surface area (Å²) in [4.78, 5) is 13.2. The van der Waals surface area contributed by atoms with Gasteiger partial charge in [-0.3, -0.25) is 4.79 Å². The minimum atomic E-state index is -0.207. The zero-order chi connectivity index (χ0) is 20.4. The van der Waals surface area contributed by atoms with Crippen molar-refractivity contribution >= 4 is 35.5 Å². The van der Waals surface area contributed by atoms with Gasteiger partial charge in [0.15, 0.2) is 11.5 Å². The van der Waals surface area contributed by atoms with Crippen LogP contribution in [0, 0.1) is 0 Å². The number of thioether (sulfide) groups is 1. The maximum absolute atomic E-state index is 12.2. The standard InChI is InChI=1S/C21H25ClN2O3S/c1-4-10-27-18-8-6-15(11-19(18)26-5-2)14-23-24-21(25)13-16-12-17(22)7-9-20(16)28-3/h6-9,11-12,14H,4-5,10,13H2,1-3H3,(H,24,25)/b23-14-. The summed E-state index contributed by atoms with van der Waals surface area (Å²) in [6.45, 7) is 5.14. The number of carbonyl (C=O) groups excluding carboxylic acids is 1. The molecular weight excluding hydrogens is 396 g/mol. The van der Waals surface area contributed by atoms with Crippen molar-refractivity contribution in [2.24, 2.45) is 5.10 Å². The molecule has 0 aliphatic rings. The van der Waals surface area contributed by atoms with Crippen molar-refractivity contribution in [3.05, 3.63) is 52.5 Å². The number of halogens is 1. The van der Waals surface area contributed by atoms with Crippen LogP contribution in [0.2, 0.25) is 5.02 Å². The second kappa shape index (κ2) is 11.6. The topological polar surface area (TPSA) is 59.9 Å². The van der Waals surface area contributed by atoms with Crippen molar-refractivity contribution in [2.75, 3.05) is 19.5 Å². The molecule has 28 heavy (non-hydrogen) atoms. The molecule has 1 N–H and O–H groups in total. The van der Waals surface area contributed by atoms with E-state index in [0.29, 0.717) is 29.7 Å². The summed E-state index contributed by atoms with van der Waals surface area (Å²) in [6.07, 6.45) is 4.68. The lowest BCUT2D eigenvalue weighted by Gasteiger charge is -2.11. The van der Waals surface area contributed by atoms with E-state index in [9.17, 15) is 4.79 Å². The molecule has 0 fully saturated rings. The Kier molecular flexibility index (Phi) is 9.17. The van der Waals surface area contributed by atoms with Gasteiger partial charge in [0.2, 0.25) is 5.91 Å². The van der Waals surface area contributed by atoms with Crippen molar-refractivity contribution in [2.45, 2.75) is 31.6 Å². The first-order chi connectivity index (χ1) is 13.6. The Hall–Kier alpha value is -2.18. The highest BCUT2D eigenvalue weighted by molar-refractivity contribution is 7.98. The number of benzene rings is 2. The van der Waals surface area contributed by atoms with E-state index in [1.165, 1.54) is 0 Å². The second-order valence-electron chi connectivity index (χ2n) is 5.91. The Labute approximate surface area is 175 Å². The highest BCUT2D eigenvalue weighted by atomic mass is 35.5. The van der Waals surface area contributed by atoms with E-state index in [1.807, 2.05) is 43.5 Å². The summed E-state index contributed by atoms with van der Waals surface area (Å²) in [5, 5.41) is 4.66. The molecule has 0 saturated heterocycles. The molecule has 0 spiro atoms. The van der Waals surface area contributed by atoms with Gasteiger partial charge in [0.1, 0.15) is 0 Å². The second-order valence-corrected chi connectivity index (χ2v) is 7.20. The highest BCUT2D eigenvalue weighted by Gasteiger charge is 2.09. The fraction of sp³-hybridized carbons (Fsp3) is 0.333. The average molecular weight is 421 g/mol. The van der Waals surface area contributed by atoms with E-state index < -0.39 is 0 Å². The SMILES string of the molecule is CCCOc1ccc(/C=N\NC(=O)Cc2cc(Cl)ccc2SC)cc1OCC. The molecular formula is C21H25ClN2O3S. The number of hydrogen-bond donors (Lipinski definition) is 1. The zero-order valence-corrected chi connectivity index (χ0v) is 17.9. The molecule has 5 nitrogen and oxygen atoms in total. The number of hydrazone groups is 1. The lowest BCUT2D eigenvalue weighted by atomic mass is 10.1. The number of hydrogen-bond acceptors (Lipinski definition) is 5. The number of ether oxygens (including phenoxy) is 2. The van der Waals surface area contributed by atoms with Crippen molar-refractivity contribution in [1.82, 2.24) is 5.43 Å². The number of nitrogens with one attached hydrogen (secondary N) is 1. The lowest BCUT2D eigenvalue weighted by Crippen LogP contribution is -2.20. The Morgan fingerprint density at radius 1 is 1.18 bits per heavy atom. The number of rotatable bonds is 10. The van der Waals surface area contributed by atoms with Crippen molar-refractivity contribution < 1.29 is 14.3 Å². The van der Waals surface area contributed by atoms with Gasteiger partial charge in [-0.2, -0.15) is 5.10 Å². The average Bonchev–Trinajstić information content (AvgIpc) is 2.68. The third kappa shape index (κ3) is 6.77. The van der Waals surface area contributed by atoms with Gasteiger partial charge in [0.25, 0.3) is 0 Å². The molecule has 1 amide bonds. The smallest absolute Gasteiger partial charge is 0.244 e. The third-order valence-electron chi connectivity index (χ3n) is 3.73. The van der Waals surface area contributed by atoms with Gasteiger partial charge < -0.3 is 9.47 Å². The van der Waals surface area contributed by atoms with Crippen LogP contribution in [0.3, 0.4) is 0 Å². The fourth-order valence-electron chi connectivity index (χ4n) is 2.48. The minimum absolute atomic E-state index is 0.207.